The molecule has 670 valence electrons. The molecule has 7 heteroatoms. The van der Waals surface area contributed by atoms with Crippen LogP contribution in [0.3, 0.4) is 0 Å². The zero-order valence-electron chi connectivity index (χ0n) is 78.4. The smallest absolute Gasteiger partial charge is 0.201 e. The van der Waals surface area contributed by atoms with Gasteiger partial charge in [-0.05, 0) is 327 Å². The van der Waals surface area contributed by atoms with Crippen molar-refractivity contribution in [1.29, 1.82) is 0 Å². The highest BCUT2D eigenvalue weighted by molar-refractivity contribution is 5.66. The topological polar surface area (TPSA) is 27.7 Å². The minimum absolute atomic E-state index is 0.0217. The van der Waals surface area contributed by atoms with E-state index in [9.17, 15) is 17.6 Å². The fraction of sp³-hybridized carbons (Fsp3) is 0.784. The molecule has 0 aliphatic heterocycles. The van der Waals surface area contributed by atoms with Gasteiger partial charge in [-0.15, -0.1) is 0 Å². The van der Waals surface area contributed by atoms with Gasteiger partial charge in [0.2, 0.25) is 11.6 Å². The Labute approximate surface area is 724 Å². The maximum atomic E-state index is 14.4. The summed E-state index contributed by atoms with van der Waals surface area (Å²) in [7, 11) is 1.73. The standard InChI is InChI=1S/C22H26F2O.C20H38.C19H36.C17H24F2O.C17H32.C16H24O/c1-3-15-5-7-16(8-6-15)17-9-11-18(12-10-17)19-13-14-20(25-4-2)22(24)21(19)23;1-3-5-6-8-18-11-15-20(16-12-18)19-13-9-17(7-4-2)10-14-19;1-3-5-7-17-10-14-19(15-11-17)18-12-8-16(6-4-2)9-13-18;1-3-5-12-6-8-13(9-7-12)14-10-11-15(20-4-2)17(19)16(14)18;1-3-5-15-8-12-17(13-9-15)16-10-6-14(4-2)7-11-16;1-3-4-13-5-7-14(8-6-13)15-9-11-16(17-2)12-10-15/h9-16H,3-8H2,1-2H3;17-20H,3-16H2,1-2H3;16-19H,3-15H2,1-2H3;10-13H,3-9H2,1-2H3;14-17H,3-13H2,1-2H3;9-14H,3-8H2,1-2H3. The molecule has 0 saturated heterocycles. The molecule has 0 bridgehead atoms. The van der Waals surface area contributed by atoms with E-state index in [0.717, 1.165) is 126 Å². The molecule has 9 fully saturated rings. The van der Waals surface area contributed by atoms with Crippen LogP contribution in [0.5, 0.6) is 17.2 Å². The number of benzene rings is 4. The second-order valence-corrected chi connectivity index (χ2v) is 40.0. The molecule has 3 nitrogen and oxygen atoms in total. The highest BCUT2D eigenvalue weighted by Gasteiger charge is 2.35. The van der Waals surface area contributed by atoms with E-state index in [1.807, 2.05) is 12.1 Å². The van der Waals surface area contributed by atoms with Crippen molar-refractivity contribution in [3.63, 3.8) is 0 Å². The molecule has 9 saturated carbocycles. The van der Waals surface area contributed by atoms with E-state index >= 15 is 0 Å². The molecule has 0 unspecified atom stereocenters. The summed E-state index contributed by atoms with van der Waals surface area (Å²) >= 11 is 0. The number of halogens is 4. The van der Waals surface area contributed by atoms with Gasteiger partial charge in [-0.2, -0.15) is 8.78 Å². The van der Waals surface area contributed by atoms with Crippen LogP contribution in [0.2, 0.25) is 0 Å². The first-order valence-corrected chi connectivity index (χ1v) is 51.6. The van der Waals surface area contributed by atoms with Crippen LogP contribution in [0, 0.1) is 112 Å². The molecule has 4 aromatic carbocycles. The maximum absolute atomic E-state index is 14.4. The number of hydrogen-bond donors (Lipinski definition) is 0. The van der Waals surface area contributed by atoms with Gasteiger partial charge in [-0.3, -0.25) is 0 Å². The van der Waals surface area contributed by atoms with E-state index in [2.05, 4.69) is 98.7 Å². The Bertz CT molecular complexity index is 3160. The third-order valence-corrected chi connectivity index (χ3v) is 32.2. The Kier molecular flexibility index (Phi) is 47.8. The van der Waals surface area contributed by atoms with Crippen molar-refractivity contribution in [3.05, 3.63) is 113 Å². The summed E-state index contributed by atoms with van der Waals surface area (Å²) in [4.78, 5) is 0. The molecule has 118 heavy (non-hydrogen) atoms. The largest absolute Gasteiger partial charge is 0.497 e. The Morgan fingerprint density at radius 1 is 0.254 bits per heavy atom. The number of methoxy groups -OCH3 is 1. The summed E-state index contributed by atoms with van der Waals surface area (Å²) in [6.07, 6.45) is 79.1. The highest BCUT2D eigenvalue weighted by Crippen LogP contribution is 2.48. The van der Waals surface area contributed by atoms with Gasteiger partial charge in [0, 0.05) is 5.56 Å². The van der Waals surface area contributed by atoms with Crippen molar-refractivity contribution in [2.24, 2.45) is 88.8 Å². The molecule has 0 N–H and O–H groups in total. The van der Waals surface area contributed by atoms with Gasteiger partial charge in [0.1, 0.15) is 5.75 Å². The van der Waals surface area contributed by atoms with Gasteiger partial charge < -0.3 is 14.2 Å². The van der Waals surface area contributed by atoms with Crippen LogP contribution in [0.4, 0.5) is 17.6 Å². The van der Waals surface area contributed by atoms with Crippen molar-refractivity contribution in [1.82, 2.24) is 0 Å². The molecule has 0 aromatic heterocycles. The summed E-state index contributed by atoms with van der Waals surface area (Å²) in [5.41, 5.74) is 4.32. The SMILES string of the molecule is CCCC1CCC(C2CCC(CC)CC2)CC1.CCCC1CCC(c2ccc(OC)cc2)CC1.CCCC1CCC(c2ccc(OCC)c(F)c2F)CC1.CCCCC1CCC(C2CCC(CCC)CC2)CC1.CCCCCC1CCC(C2CCC(CCC)CC2)CC1.CCOc1ccc(-c2ccc(C3CCC(CC)CC3)cc2)c(F)c1F. The molecule has 9 aliphatic rings. The lowest BCUT2D eigenvalue weighted by molar-refractivity contribution is 0.140. The summed E-state index contributed by atoms with van der Waals surface area (Å²) in [6, 6.07) is 23.0. The van der Waals surface area contributed by atoms with E-state index in [1.54, 1.807) is 180 Å². The van der Waals surface area contributed by atoms with Crippen molar-refractivity contribution in [3.8, 4) is 28.4 Å². The molecule has 9 aliphatic carbocycles. The van der Waals surface area contributed by atoms with Crippen LogP contribution in [-0.2, 0) is 0 Å². The van der Waals surface area contributed by atoms with Crippen molar-refractivity contribution in [2.75, 3.05) is 20.3 Å². The molecule has 0 radical (unpaired) electrons. The van der Waals surface area contributed by atoms with E-state index in [1.165, 1.54) is 203 Å². The van der Waals surface area contributed by atoms with E-state index < -0.39 is 23.3 Å². The average molecular weight is 1640 g/mol. The minimum Gasteiger partial charge on any atom is -0.497 e. The van der Waals surface area contributed by atoms with Crippen molar-refractivity contribution >= 4 is 0 Å². The average Bonchev–Trinajstić information content (AvgIpc) is 0.807. The van der Waals surface area contributed by atoms with Gasteiger partial charge in [0.15, 0.2) is 23.1 Å². The van der Waals surface area contributed by atoms with Gasteiger partial charge in [0.25, 0.3) is 0 Å². The lowest BCUT2D eigenvalue weighted by Gasteiger charge is -2.38. The summed E-state index contributed by atoms with van der Waals surface area (Å²) in [6.45, 7) is 25.0. The van der Waals surface area contributed by atoms with Gasteiger partial charge in [-0.1, -0.05) is 304 Å². The molecule has 0 atom stereocenters. The fourth-order valence-electron chi connectivity index (χ4n) is 24.4. The summed E-state index contributed by atoms with van der Waals surface area (Å²) in [5.74, 6) is 15.0. The number of hydrogen-bond acceptors (Lipinski definition) is 3. The van der Waals surface area contributed by atoms with Crippen molar-refractivity contribution < 1.29 is 31.8 Å². The number of unbranched alkanes of at least 4 members (excludes halogenated alkanes) is 3. The fourth-order valence-corrected chi connectivity index (χ4v) is 24.4. The van der Waals surface area contributed by atoms with Crippen LogP contribution >= 0.6 is 0 Å². The van der Waals surface area contributed by atoms with E-state index in [-0.39, 0.29) is 23.0 Å². The molecule has 0 amide bonds. The lowest BCUT2D eigenvalue weighted by Crippen LogP contribution is -2.25. The van der Waals surface area contributed by atoms with Crippen LogP contribution in [0.25, 0.3) is 11.1 Å². The predicted molar refractivity (Wildman–Crippen MR) is 499 cm³/mol. The van der Waals surface area contributed by atoms with Crippen LogP contribution < -0.4 is 14.2 Å². The molecular weight excluding hydrogens is 1460 g/mol. The zero-order chi connectivity index (χ0) is 84.2. The second kappa shape index (κ2) is 56.8. The molecule has 4 aromatic rings. The third-order valence-electron chi connectivity index (χ3n) is 32.2. The Morgan fingerprint density at radius 2 is 0.542 bits per heavy atom. The quantitative estimate of drug-likeness (QED) is 0.0371. The summed E-state index contributed by atoms with van der Waals surface area (Å²) in [5, 5.41) is 0. The number of ether oxygens (including phenoxy) is 3. The third kappa shape index (κ3) is 33.2. The highest BCUT2D eigenvalue weighted by atomic mass is 19.2. The Morgan fingerprint density at radius 3 is 0.864 bits per heavy atom. The van der Waals surface area contributed by atoms with Crippen molar-refractivity contribution in [2.45, 2.75) is 447 Å². The molecular formula is C111H180F4O3. The lowest BCUT2D eigenvalue weighted by atomic mass is 9.68. The van der Waals surface area contributed by atoms with Gasteiger partial charge >= 0.3 is 0 Å². The molecule has 0 heterocycles. The number of rotatable bonds is 31. The first kappa shape index (κ1) is 99.4. The van der Waals surface area contributed by atoms with Crippen LogP contribution in [-0.4, -0.2) is 20.3 Å². The first-order valence-electron chi connectivity index (χ1n) is 51.6. The zero-order valence-corrected chi connectivity index (χ0v) is 78.4. The summed E-state index contributed by atoms with van der Waals surface area (Å²) < 4.78 is 71.9. The second-order valence-electron chi connectivity index (χ2n) is 40.0. The first-order chi connectivity index (χ1) is 57.6. The van der Waals surface area contributed by atoms with E-state index in [4.69, 9.17) is 14.2 Å². The van der Waals surface area contributed by atoms with Gasteiger partial charge in [0.05, 0.1) is 20.3 Å². The Balaban J connectivity index is 0.000000177. The Hall–Kier alpha value is -4.00. The normalized spacial score (nSPS) is 29.2. The minimum atomic E-state index is -0.915. The van der Waals surface area contributed by atoms with Crippen LogP contribution in [0.15, 0.2) is 72.8 Å². The monoisotopic (exact) mass is 1640 g/mol. The van der Waals surface area contributed by atoms with E-state index in [0.29, 0.717) is 30.3 Å². The molecule has 0 spiro atoms. The van der Waals surface area contributed by atoms with Crippen LogP contribution in [0.1, 0.15) is 464 Å². The maximum Gasteiger partial charge on any atom is 0.201 e. The van der Waals surface area contributed by atoms with Gasteiger partial charge in [-0.25, -0.2) is 8.78 Å². The molecule has 13 rings (SSSR count). The predicted octanol–water partition coefficient (Wildman–Crippen LogP) is 36.3.